The molecule has 0 saturated heterocycles. The standard InChI is InChI=1S/C14H20ClN3O/c1-9(2)18(8-10-4-5-10)14(19)11-6-12(15)17-13(7-11)16-3/h6-7,9-10H,4-5,8H2,1-3H3,(H,16,17). The fourth-order valence-corrected chi connectivity index (χ4v) is 2.23. The number of rotatable bonds is 5. The molecule has 1 aliphatic carbocycles. The van der Waals surface area contributed by atoms with Crippen LogP contribution in [0, 0.1) is 5.92 Å². The number of halogens is 1. The molecule has 0 aliphatic heterocycles. The highest BCUT2D eigenvalue weighted by atomic mass is 35.5. The Morgan fingerprint density at radius 3 is 2.74 bits per heavy atom. The van der Waals surface area contributed by atoms with Crippen molar-refractivity contribution in [3.8, 4) is 0 Å². The van der Waals surface area contributed by atoms with E-state index in [0.717, 1.165) is 6.54 Å². The predicted octanol–water partition coefficient (Wildman–Crippen LogP) is 3.04. The van der Waals surface area contributed by atoms with Crippen LogP contribution in [0.4, 0.5) is 5.82 Å². The minimum Gasteiger partial charge on any atom is -0.373 e. The maximum atomic E-state index is 12.6. The number of aromatic nitrogens is 1. The highest BCUT2D eigenvalue weighted by Gasteiger charge is 2.29. The van der Waals surface area contributed by atoms with Crippen molar-refractivity contribution >= 4 is 23.3 Å². The van der Waals surface area contributed by atoms with Gasteiger partial charge in [-0.05, 0) is 44.7 Å². The number of nitrogens with one attached hydrogen (secondary N) is 1. The molecule has 2 rings (SSSR count). The molecule has 104 valence electrons. The fourth-order valence-electron chi connectivity index (χ4n) is 2.02. The van der Waals surface area contributed by atoms with Crippen molar-refractivity contribution in [3.63, 3.8) is 0 Å². The number of hydrogen-bond acceptors (Lipinski definition) is 3. The lowest BCUT2D eigenvalue weighted by atomic mass is 10.2. The normalized spacial score (nSPS) is 14.6. The third kappa shape index (κ3) is 3.60. The number of pyridine rings is 1. The minimum absolute atomic E-state index is 0.0303. The number of anilines is 1. The monoisotopic (exact) mass is 281 g/mol. The summed E-state index contributed by atoms with van der Waals surface area (Å²) in [5.41, 5.74) is 0.596. The first-order valence-corrected chi connectivity index (χ1v) is 7.05. The second-order valence-corrected chi connectivity index (χ2v) is 5.70. The molecule has 0 spiro atoms. The van der Waals surface area contributed by atoms with Crippen molar-refractivity contribution in [1.29, 1.82) is 0 Å². The van der Waals surface area contributed by atoms with Crippen LogP contribution in [-0.2, 0) is 0 Å². The SMILES string of the molecule is CNc1cc(C(=O)N(CC2CC2)C(C)C)cc(Cl)n1. The quantitative estimate of drug-likeness (QED) is 0.844. The highest BCUT2D eigenvalue weighted by molar-refractivity contribution is 6.29. The zero-order chi connectivity index (χ0) is 14.0. The summed E-state index contributed by atoms with van der Waals surface area (Å²) in [6.45, 7) is 4.93. The van der Waals surface area contributed by atoms with E-state index < -0.39 is 0 Å². The Hall–Kier alpha value is -1.29. The molecule has 19 heavy (non-hydrogen) atoms. The summed E-state index contributed by atoms with van der Waals surface area (Å²) >= 11 is 5.95. The van der Waals surface area contributed by atoms with Crippen molar-refractivity contribution in [1.82, 2.24) is 9.88 Å². The number of nitrogens with zero attached hydrogens (tertiary/aromatic N) is 2. The van der Waals surface area contributed by atoms with Gasteiger partial charge < -0.3 is 10.2 Å². The van der Waals surface area contributed by atoms with E-state index in [1.165, 1.54) is 12.8 Å². The molecule has 0 bridgehead atoms. The van der Waals surface area contributed by atoms with Gasteiger partial charge in [0.25, 0.3) is 5.91 Å². The number of carbonyl (C=O) groups excluding carboxylic acids is 1. The average molecular weight is 282 g/mol. The first kappa shape index (κ1) is 14.1. The first-order chi connectivity index (χ1) is 9.01. The van der Waals surface area contributed by atoms with Gasteiger partial charge in [-0.1, -0.05) is 11.6 Å². The molecule has 0 radical (unpaired) electrons. The van der Waals surface area contributed by atoms with E-state index in [2.05, 4.69) is 10.3 Å². The molecular formula is C14H20ClN3O. The summed E-state index contributed by atoms with van der Waals surface area (Å²) in [5.74, 6) is 1.32. The van der Waals surface area contributed by atoms with E-state index >= 15 is 0 Å². The molecular weight excluding hydrogens is 262 g/mol. The van der Waals surface area contributed by atoms with Gasteiger partial charge >= 0.3 is 0 Å². The predicted molar refractivity (Wildman–Crippen MR) is 77.7 cm³/mol. The van der Waals surface area contributed by atoms with Crippen LogP contribution < -0.4 is 5.32 Å². The van der Waals surface area contributed by atoms with Gasteiger partial charge in [0.05, 0.1) is 0 Å². The van der Waals surface area contributed by atoms with E-state index in [1.807, 2.05) is 18.7 Å². The Morgan fingerprint density at radius 1 is 1.53 bits per heavy atom. The van der Waals surface area contributed by atoms with Crippen LogP contribution in [0.1, 0.15) is 37.0 Å². The van der Waals surface area contributed by atoms with Crippen LogP contribution in [0.2, 0.25) is 5.15 Å². The summed E-state index contributed by atoms with van der Waals surface area (Å²) < 4.78 is 0. The van der Waals surface area contributed by atoms with Crippen LogP contribution in [0.3, 0.4) is 0 Å². The Kier molecular flexibility index (Phi) is 4.30. The lowest BCUT2D eigenvalue weighted by Gasteiger charge is -2.27. The van der Waals surface area contributed by atoms with Gasteiger partial charge in [-0.2, -0.15) is 0 Å². The van der Waals surface area contributed by atoms with Gasteiger partial charge in [0.15, 0.2) is 0 Å². The zero-order valence-corrected chi connectivity index (χ0v) is 12.4. The summed E-state index contributed by atoms with van der Waals surface area (Å²) in [6.07, 6.45) is 2.46. The van der Waals surface area contributed by atoms with Crippen molar-refractivity contribution in [2.75, 3.05) is 18.9 Å². The zero-order valence-electron chi connectivity index (χ0n) is 11.6. The molecule has 0 aromatic carbocycles. The summed E-state index contributed by atoms with van der Waals surface area (Å²) in [7, 11) is 1.76. The van der Waals surface area contributed by atoms with E-state index in [4.69, 9.17) is 11.6 Å². The fraction of sp³-hybridized carbons (Fsp3) is 0.571. The van der Waals surface area contributed by atoms with Crippen molar-refractivity contribution in [2.24, 2.45) is 5.92 Å². The lowest BCUT2D eigenvalue weighted by molar-refractivity contribution is 0.0696. The van der Waals surface area contributed by atoms with Crippen LogP contribution in [0.5, 0.6) is 0 Å². The summed E-state index contributed by atoms with van der Waals surface area (Å²) in [6, 6.07) is 3.57. The smallest absolute Gasteiger partial charge is 0.254 e. The average Bonchev–Trinajstić information content (AvgIpc) is 3.18. The van der Waals surface area contributed by atoms with Gasteiger partial charge in [0.2, 0.25) is 0 Å². The summed E-state index contributed by atoms with van der Waals surface area (Å²) in [5, 5.41) is 3.26. The van der Waals surface area contributed by atoms with Crippen molar-refractivity contribution in [2.45, 2.75) is 32.7 Å². The van der Waals surface area contributed by atoms with Crippen LogP contribution in [-0.4, -0.2) is 35.4 Å². The second kappa shape index (κ2) is 5.78. The summed E-state index contributed by atoms with van der Waals surface area (Å²) in [4.78, 5) is 18.6. The van der Waals surface area contributed by atoms with E-state index in [0.29, 0.717) is 22.5 Å². The van der Waals surface area contributed by atoms with Crippen LogP contribution in [0.25, 0.3) is 0 Å². The molecule has 1 amide bonds. The third-order valence-corrected chi connectivity index (χ3v) is 3.53. The Morgan fingerprint density at radius 2 is 2.21 bits per heavy atom. The molecule has 1 aromatic heterocycles. The van der Waals surface area contributed by atoms with Crippen molar-refractivity contribution in [3.05, 3.63) is 22.8 Å². The molecule has 1 aromatic rings. The molecule has 0 atom stereocenters. The van der Waals surface area contributed by atoms with Crippen LogP contribution >= 0.6 is 11.6 Å². The molecule has 1 fully saturated rings. The number of hydrogen-bond donors (Lipinski definition) is 1. The van der Waals surface area contributed by atoms with Gasteiger partial charge in [-0.3, -0.25) is 4.79 Å². The van der Waals surface area contributed by atoms with Gasteiger partial charge in [-0.25, -0.2) is 4.98 Å². The second-order valence-electron chi connectivity index (χ2n) is 5.31. The van der Waals surface area contributed by atoms with Crippen LogP contribution in [0.15, 0.2) is 12.1 Å². The minimum atomic E-state index is 0.0303. The van der Waals surface area contributed by atoms with E-state index in [-0.39, 0.29) is 11.9 Å². The maximum Gasteiger partial charge on any atom is 0.254 e. The third-order valence-electron chi connectivity index (χ3n) is 3.33. The lowest BCUT2D eigenvalue weighted by Crippen LogP contribution is -2.38. The Labute approximate surface area is 119 Å². The van der Waals surface area contributed by atoms with Gasteiger partial charge in [-0.15, -0.1) is 0 Å². The number of carbonyl (C=O) groups is 1. The Bertz CT molecular complexity index is 472. The topological polar surface area (TPSA) is 45.2 Å². The highest BCUT2D eigenvalue weighted by Crippen LogP contribution is 2.31. The largest absolute Gasteiger partial charge is 0.373 e. The molecule has 4 nitrogen and oxygen atoms in total. The van der Waals surface area contributed by atoms with Gasteiger partial charge in [0.1, 0.15) is 11.0 Å². The van der Waals surface area contributed by atoms with E-state index in [1.54, 1.807) is 19.2 Å². The van der Waals surface area contributed by atoms with Gasteiger partial charge in [0, 0.05) is 25.2 Å². The first-order valence-electron chi connectivity index (χ1n) is 6.67. The molecule has 1 saturated carbocycles. The number of amides is 1. The maximum absolute atomic E-state index is 12.6. The molecule has 5 heteroatoms. The molecule has 1 heterocycles. The van der Waals surface area contributed by atoms with Crippen molar-refractivity contribution < 1.29 is 4.79 Å². The molecule has 0 unspecified atom stereocenters. The van der Waals surface area contributed by atoms with E-state index in [9.17, 15) is 4.79 Å². The molecule has 1 N–H and O–H groups in total. The molecule has 1 aliphatic rings. The Balaban J connectivity index is 2.22.